The maximum absolute atomic E-state index is 2.98. The number of rotatable bonds is 32. The van der Waals surface area contributed by atoms with Gasteiger partial charge in [0.1, 0.15) is 0 Å². The fraction of sp³-hybridized carbons (Fsp3) is 0.547. The van der Waals surface area contributed by atoms with Gasteiger partial charge in [0.05, 0.1) is 48.9 Å². The Balaban J connectivity index is 2.14. The zero-order valence-corrected chi connectivity index (χ0v) is 38.6. The van der Waals surface area contributed by atoms with Crippen molar-refractivity contribution in [2.24, 2.45) is 0 Å². The van der Waals surface area contributed by atoms with Crippen LogP contribution in [0.2, 0.25) is 0 Å². The van der Waals surface area contributed by atoms with Crippen molar-refractivity contribution in [2.45, 2.75) is 163 Å². The molecule has 5 heteroatoms. The molecule has 0 radical (unpaired) electrons. The SMILES string of the molecule is CCCCCCCN(c1ccccc1)[P+](N(CCCCCCC)c1ccccc1)(N(CCCCCCC)c1ccccc1)N(CCCCCCC)c1ccc(C)cc1. The first-order valence-corrected chi connectivity index (χ1v) is 25.4. The molecular formula is C53H82N4P+. The van der Waals surface area contributed by atoms with Gasteiger partial charge >= 0.3 is 7.87 Å². The molecule has 4 aromatic rings. The molecule has 0 heterocycles. The first kappa shape index (κ1) is 47.2. The van der Waals surface area contributed by atoms with Crippen molar-refractivity contribution in [3.8, 4) is 0 Å². The molecule has 0 saturated carbocycles. The van der Waals surface area contributed by atoms with Gasteiger partial charge in [-0.15, -0.1) is 0 Å². The third kappa shape index (κ3) is 14.4. The fourth-order valence-corrected chi connectivity index (χ4v) is 13.4. The van der Waals surface area contributed by atoms with Crippen LogP contribution in [0.1, 0.15) is 162 Å². The second-order valence-corrected chi connectivity index (χ2v) is 19.5. The summed E-state index contributed by atoms with van der Waals surface area (Å²) in [6, 6.07) is 44.5. The van der Waals surface area contributed by atoms with Gasteiger partial charge in [0.25, 0.3) is 0 Å². The van der Waals surface area contributed by atoms with Crippen LogP contribution in [0.4, 0.5) is 22.7 Å². The summed E-state index contributed by atoms with van der Waals surface area (Å²) in [5.41, 5.74) is 6.69. The minimum absolute atomic E-state index is 1.01. The van der Waals surface area contributed by atoms with E-state index in [-0.39, 0.29) is 0 Å². The van der Waals surface area contributed by atoms with Gasteiger partial charge in [-0.05, 0) is 81.1 Å². The highest BCUT2D eigenvalue weighted by atomic mass is 31.2. The quantitative estimate of drug-likeness (QED) is 0.0360. The van der Waals surface area contributed by atoms with Gasteiger partial charge < -0.3 is 0 Å². The van der Waals surface area contributed by atoms with E-state index in [1.807, 2.05) is 0 Å². The Morgan fingerprint density at radius 3 is 0.793 bits per heavy atom. The Morgan fingerprint density at radius 2 is 0.534 bits per heavy atom. The highest BCUT2D eigenvalue weighted by molar-refractivity contribution is 7.81. The van der Waals surface area contributed by atoms with E-state index >= 15 is 0 Å². The van der Waals surface area contributed by atoms with Gasteiger partial charge in [-0.25, -0.2) is 0 Å². The van der Waals surface area contributed by atoms with Gasteiger partial charge in [-0.3, -0.25) is 0 Å². The lowest BCUT2D eigenvalue weighted by atomic mass is 10.1. The van der Waals surface area contributed by atoms with Crippen molar-refractivity contribution in [2.75, 3.05) is 44.9 Å². The number of unbranched alkanes of at least 4 members (excludes halogenated alkanes) is 16. The van der Waals surface area contributed by atoms with Crippen molar-refractivity contribution in [1.82, 2.24) is 0 Å². The van der Waals surface area contributed by atoms with Crippen molar-refractivity contribution >= 4 is 30.6 Å². The zero-order valence-electron chi connectivity index (χ0n) is 37.7. The number of hydrogen-bond acceptors (Lipinski definition) is 4. The van der Waals surface area contributed by atoms with Gasteiger partial charge in [0, 0.05) is 0 Å². The van der Waals surface area contributed by atoms with E-state index in [2.05, 4.69) is 169 Å². The molecule has 4 nitrogen and oxygen atoms in total. The third-order valence-corrected chi connectivity index (χ3v) is 16.0. The van der Waals surface area contributed by atoms with E-state index in [0.717, 1.165) is 26.2 Å². The lowest BCUT2D eigenvalue weighted by Crippen LogP contribution is -2.55. The Labute approximate surface area is 358 Å². The van der Waals surface area contributed by atoms with Crippen LogP contribution >= 0.6 is 7.87 Å². The van der Waals surface area contributed by atoms with Gasteiger partial charge in [-0.2, -0.15) is 18.7 Å². The van der Waals surface area contributed by atoms with Crippen molar-refractivity contribution in [3.63, 3.8) is 0 Å². The summed E-state index contributed by atoms with van der Waals surface area (Å²) in [4.78, 5) is 0. The van der Waals surface area contributed by atoms with E-state index in [1.54, 1.807) is 0 Å². The molecule has 318 valence electrons. The van der Waals surface area contributed by atoms with Crippen molar-refractivity contribution < 1.29 is 0 Å². The summed E-state index contributed by atoms with van der Waals surface area (Å²) in [6.45, 7) is 15.6. The molecule has 0 bridgehead atoms. The summed E-state index contributed by atoms with van der Waals surface area (Å²) in [5.74, 6) is 0. The number of hydrogen-bond donors (Lipinski definition) is 0. The number of para-hydroxylation sites is 3. The molecule has 4 rings (SSSR count). The second kappa shape index (κ2) is 28.1. The molecule has 58 heavy (non-hydrogen) atoms. The van der Waals surface area contributed by atoms with Crippen LogP contribution in [0.25, 0.3) is 0 Å². The first-order chi connectivity index (χ1) is 28.6. The minimum atomic E-state index is -2.73. The van der Waals surface area contributed by atoms with Gasteiger partial charge in [-0.1, -0.05) is 203 Å². The Bertz CT molecular complexity index is 1430. The van der Waals surface area contributed by atoms with E-state index in [0.29, 0.717) is 0 Å². The highest BCUT2D eigenvalue weighted by Crippen LogP contribution is 2.73. The lowest BCUT2D eigenvalue weighted by molar-refractivity contribution is 0.621. The van der Waals surface area contributed by atoms with Crippen molar-refractivity contribution in [3.05, 3.63) is 121 Å². The van der Waals surface area contributed by atoms with Crippen LogP contribution in [-0.4, -0.2) is 26.2 Å². The largest absolute Gasteiger partial charge is 0.405 e. The summed E-state index contributed by atoms with van der Waals surface area (Å²) in [7, 11) is -2.73. The predicted octanol–water partition coefficient (Wildman–Crippen LogP) is 16.9. The Morgan fingerprint density at radius 1 is 0.293 bits per heavy atom. The van der Waals surface area contributed by atoms with Crippen LogP contribution in [0.3, 0.4) is 0 Å². The predicted molar refractivity (Wildman–Crippen MR) is 262 cm³/mol. The molecule has 0 N–H and O–H groups in total. The summed E-state index contributed by atoms with van der Waals surface area (Å²) >= 11 is 0. The maximum Gasteiger partial charge on any atom is 0.405 e. The summed E-state index contributed by atoms with van der Waals surface area (Å²) < 4.78 is 11.9. The lowest BCUT2D eigenvalue weighted by Gasteiger charge is -2.53. The highest BCUT2D eigenvalue weighted by Gasteiger charge is 2.63. The number of aryl methyl sites for hydroxylation is 1. The molecule has 0 saturated heterocycles. The average molecular weight is 806 g/mol. The fourth-order valence-electron chi connectivity index (χ4n) is 8.43. The van der Waals surface area contributed by atoms with Crippen LogP contribution in [0.5, 0.6) is 0 Å². The number of nitrogens with zero attached hydrogens (tertiary/aromatic N) is 4. The standard InChI is InChI=1S/C53H82N4P/c1-6-10-14-18-31-45-54(50-35-25-22-26-36-50)58(55(46-32-19-15-11-7-2)51-37-27-23-28-38-51,56(47-33-20-16-12-8-3)52-39-29-24-30-40-52)57(48-34-21-17-13-9-4)53-43-41-49(5)42-44-53/h22-30,35-44H,6-21,31-34,45-48H2,1-5H3/q+1. The molecule has 0 atom stereocenters. The molecule has 0 fully saturated rings. The molecule has 0 aliphatic rings. The Hall–Kier alpha value is -3.49. The second-order valence-electron chi connectivity index (χ2n) is 16.5. The average Bonchev–Trinajstić information content (AvgIpc) is 3.26. The van der Waals surface area contributed by atoms with Crippen LogP contribution in [0, 0.1) is 6.92 Å². The number of anilines is 4. The van der Waals surface area contributed by atoms with E-state index in [9.17, 15) is 0 Å². The molecule has 0 unspecified atom stereocenters. The monoisotopic (exact) mass is 806 g/mol. The van der Waals surface area contributed by atoms with Crippen LogP contribution in [-0.2, 0) is 0 Å². The first-order valence-electron chi connectivity index (χ1n) is 23.8. The van der Waals surface area contributed by atoms with Crippen molar-refractivity contribution in [1.29, 1.82) is 0 Å². The van der Waals surface area contributed by atoms with E-state index in [4.69, 9.17) is 0 Å². The third-order valence-electron chi connectivity index (χ3n) is 11.7. The molecular weight excluding hydrogens is 724 g/mol. The maximum atomic E-state index is 2.98. The Kier molecular flexibility index (Phi) is 22.8. The van der Waals surface area contributed by atoms with Gasteiger partial charge in [0.2, 0.25) is 0 Å². The zero-order chi connectivity index (χ0) is 41.1. The van der Waals surface area contributed by atoms with Crippen LogP contribution < -0.4 is 18.7 Å². The van der Waals surface area contributed by atoms with E-state index in [1.165, 1.54) is 157 Å². The number of benzene rings is 4. The van der Waals surface area contributed by atoms with Crippen LogP contribution in [0.15, 0.2) is 115 Å². The van der Waals surface area contributed by atoms with Gasteiger partial charge in [0.15, 0.2) is 0 Å². The molecule has 0 amide bonds. The smallest absolute Gasteiger partial charge is 0.190 e. The van der Waals surface area contributed by atoms with E-state index < -0.39 is 7.87 Å². The summed E-state index contributed by atoms with van der Waals surface area (Å²) in [6.07, 6.45) is 25.2. The molecule has 4 aromatic carbocycles. The molecule has 0 aliphatic heterocycles. The molecule has 0 aromatic heterocycles. The molecule has 0 spiro atoms. The summed E-state index contributed by atoms with van der Waals surface area (Å²) in [5, 5.41) is 0. The normalized spacial score (nSPS) is 11.5. The topological polar surface area (TPSA) is 13.0 Å². The minimum Gasteiger partial charge on any atom is -0.190 e. The molecule has 0 aliphatic carbocycles.